The first-order valence-corrected chi connectivity index (χ1v) is 12.2. The van der Waals surface area contributed by atoms with Crippen LogP contribution < -0.4 is 5.32 Å². The predicted octanol–water partition coefficient (Wildman–Crippen LogP) is 5.01. The normalized spacial score (nSPS) is 16.3. The summed E-state index contributed by atoms with van der Waals surface area (Å²) in [6.45, 7) is 7.05. The van der Waals surface area contributed by atoms with Crippen LogP contribution in [0.5, 0.6) is 0 Å². The van der Waals surface area contributed by atoms with Crippen LogP contribution in [0.2, 0.25) is 5.02 Å². The second kappa shape index (κ2) is 9.50. The lowest BCUT2D eigenvalue weighted by molar-refractivity contribution is 0.0935. The largest absolute Gasteiger partial charge is 0.345 e. The third-order valence-electron chi connectivity index (χ3n) is 5.64. The zero-order chi connectivity index (χ0) is 21.9. The molecule has 1 saturated heterocycles. The van der Waals surface area contributed by atoms with E-state index >= 15 is 0 Å². The molecular weight excluding hydrogens is 420 g/mol. The molecule has 0 radical (unpaired) electrons. The van der Waals surface area contributed by atoms with Crippen molar-refractivity contribution in [2.45, 2.75) is 57.4 Å². The Labute approximate surface area is 184 Å². The number of hydrogen-bond acceptors (Lipinski definition) is 3. The van der Waals surface area contributed by atoms with Crippen LogP contribution in [0.1, 0.15) is 65.7 Å². The lowest BCUT2D eigenvalue weighted by atomic mass is 9.97. The highest BCUT2D eigenvalue weighted by Crippen LogP contribution is 2.28. The Hall–Kier alpha value is -1.89. The molecular formula is C23H29ClN2O3S. The molecule has 0 unspecified atom stereocenters. The monoisotopic (exact) mass is 448 g/mol. The van der Waals surface area contributed by atoms with Gasteiger partial charge in [-0.1, -0.05) is 48.7 Å². The third-order valence-corrected chi connectivity index (χ3v) is 8.02. The maximum atomic E-state index is 13.1. The number of benzene rings is 2. The molecule has 3 rings (SSSR count). The van der Waals surface area contributed by atoms with E-state index in [-0.39, 0.29) is 27.4 Å². The van der Waals surface area contributed by atoms with Crippen molar-refractivity contribution in [3.05, 3.63) is 63.7 Å². The second-order valence-electron chi connectivity index (χ2n) is 7.90. The Morgan fingerprint density at radius 2 is 1.80 bits per heavy atom. The van der Waals surface area contributed by atoms with Crippen LogP contribution in [0.15, 0.2) is 41.3 Å². The quantitative estimate of drug-likeness (QED) is 0.675. The Bertz CT molecular complexity index is 1030. The molecule has 5 nitrogen and oxygen atoms in total. The fourth-order valence-electron chi connectivity index (χ4n) is 3.94. The zero-order valence-electron chi connectivity index (χ0n) is 17.7. The van der Waals surface area contributed by atoms with Gasteiger partial charge in [-0.2, -0.15) is 4.31 Å². The summed E-state index contributed by atoms with van der Waals surface area (Å²) in [7, 11) is -3.73. The minimum Gasteiger partial charge on any atom is -0.345 e. The lowest BCUT2D eigenvalue weighted by Crippen LogP contribution is -2.36. The van der Waals surface area contributed by atoms with Crippen molar-refractivity contribution in [3.63, 3.8) is 0 Å². The van der Waals surface area contributed by atoms with Crippen molar-refractivity contribution >= 4 is 27.5 Å². The molecule has 1 atom stereocenters. The number of aryl methyl sites for hydroxylation is 2. The van der Waals surface area contributed by atoms with Gasteiger partial charge in [0.1, 0.15) is 4.90 Å². The Morgan fingerprint density at radius 3 is 2.43 bits per heavy atom. The maximum absolute atomic E-state index is 13.1. The van der Waals surface area contributed by atoms with Gasteiger partial charge in [0, 0.05) is 18.7 Å². The highest BCUT2D eigenvalue weighted by atomic mass is 35.5. The first kappa shape index (κ1) is 22.8. The Kier molecular flexibility index (Phi) is 7.22. The second-order valence-corrected chi connectivity index (χ2v) is 10.2. The van der Waals surface area contributed by atoms with Gasteiger partial charge in [0.25, 0.3) is 5.91 Å². The van der Waals surface area contributed by atoms with E-state index in [2.05, 4.69) is 11.4 Å². The number of nitrogens with zero attached hydrogens (tertiary/aromatic N) is 1. The number of hydrogen-bond donors (Lipinski definition) is 1. The van der Waals surface area contributed by atoms with E-state index < -0.39 is 10.0 Å². The van der Waals surface area contributed by atoms with Crippen molar-refractivity contribution in [3.8, 4) is 0 Å². The van der Waals surface area contributed by atoms with Crippen molar-refractivity contribution in [1.82, 2.24) is 9.62 Å². The third kappa shape index (κ3) is 4.88. The fourth-order valence-corrected chi connectivity index (χ4v) is 5.96. The first-order valence-electron chi connectivity index (χ1n) is 10.4. The summed E-state index contributed by atoms with van der Waals surface area (Å²) in [6.07, 6.45) is 3.43. The molecule has 162 valence electrons. The summed E-state index contributed by atoms with van der Waals surface area (Å²) in [5, 5.41) is 3.18. The summed E-state index contributed by atoms with van der Waals surface area (Å²) in [4.78, 5) is 13.0. The SMILES string of the molecule is CC[C@H](NC(=O)c1ccc(Cl)c(S(=O)(=O)N2CCCCC2)c1)c1ccc(C)cc1C. The highest BCUT2D eigenvalue weighted by Gasteiger charge is 2.29. The van der Waals surface area contributed by atoms with Gasteiger partial charge in [-0.25, -0.2) is 8.42 Å². The zero-order valence-corrected chi connectivity index (χ0v) is 19.3. The Morgan fingerprint density at radius 1 is 1.10 bits per heavy atom. The van der Waals surface area contributed by atoms with Crippen molar-refractivity contribution < 1.29 is 13.2 Å². The number of sulfonamides is 1. The molecule has 0 spiro atoms. The molecule has 1 N–H and O–H groups in total. The summed E-state index contributed by atoms with van der Waals surface area (Å²) in [5.41, 5.74) is 3.64. The molecule has 1 heterocycles. The molecule has 0 aliphatic carbocycles. The van der Waals surface area contributed by atoms with Gasteiger partial charge in [0.15, 0.2) is 0 Å². The van der Waals surface area contributed by atoms with Crippen LogP contribution in [0.3, 0.4) is 0 Å². The minimum atomic E-state index is -3.73. The molecule has 1 amide bonds. The smallest absolute Gasteiger partial charge is 0.251 e. The fraction of sp³-hybridized carbons (Fsp3) is 0.435. The molecule has 0 bridgehead atoms. The van der Waals surface area contributed by atoms with E-state index in [9.17, 15) is 13.2 Å². The first-order chi connectivity index (χ1) is 14.2. The predicted molar refractivity (Wildman–Crippen MR) is 120 cm³/mol. The molecule has 2 aromatic carbocycles. The average Bonchev–Trinajstić information content (AvgIpc) is 2.73. The van der Waals surface area contributed by atoms with E-state index in [1.165, 1.54) is 22.0 Å². The minimum absolute atomic E-state index is 0.00159. The topological polar surface area (TPSA) is 66.5 Å². The van der Waals surface area contributed by atoms with E-state index in [0.29, 0.717) is 13.1 Å². The molecule has 1 fully saturated rings. The van der Waals surface area contributed by atoms with Gasteiger partial charge in [-0.05, 0) is 62.4 Å². The number of carbonyl (C=O) groups is 1. The van der Waals surface area contributed by atoms with Crippen molar-refractivity contribution in [2.75, 3.05) is 13.1 Å². The van der Waals surface area contributed by atoms with Gasteiger partial charge in [0.05, 0.1) is 11.1 Å². The summed E-state index contributed by atoms with van der Waals surface area (Å²) >= 11 is 6.23. The molecule has 1 aliphatic heterocycles. The average molecular weight is 449 g/mol. The van der Waals surface area contributed by atoms with Gasteiger partial charge in [-0.15, -0.1) is 0 Å². The van der Waals surface area contributed by atoms with Crippen LogP contribution in [0, 0.1) is 13.8 Å². The molecule has 0 aromatic heterocycles. The van der Waals surface area contributed by atoms with E-state index in [1.807, 2.05) is 32.9 Å². The van der Waals surface area contributed by atoms with Crippen molar-refractivity contribution in [2.24, 2.45) is 0 Å². The summed E-state index contributed by atoms with van der Waals surface area (Å²) < 4.78 is 27.6. The van der Waals surface area contributed by atoms with Crippen LogP contribution in [0.25, 0.3) is 0 Å². The number of rotatable bonds is 6. The molecule has 30 heavy (non-hydrogen) atoms. The van der Waals surface area contributed by atoms with Gasteiger partial charge < -0.3 is 5.32 Å². The molecule has 2 aromatic rings. The van der Waals surface area contributed by atoms with Crippen LogP contribution >= 0.6 is 11.6 Å². The van der Waals surface area contributed by atoms with E-state index in [0.717, 1.165) is 36.8 Å². The summed E-state index contributed by atoms with van der Waals surface area (Å²) in [6, 6.07) is 10.5. The highest BCUT2D eigenvalue weighted by molar-refractivity contribution is 7.89. The van der Waals surface area contributed by atoms with E-state index in [4.69, 9.17) is 11.6 Å². The van der Waals surface area contributed by atoms with Gasteiger partial charge in [-0.3, -0.25) is 4.79 Å². The van der Waals surface area contributed by atoms with E-state index in [1.54, 1.807) is 6.07 Å². The van der Waals surface area contributed by atoms with Gasteiger partial charge in [0.2, 0.25) is 10.0 Å². The molecule has 1 aliphatic rings. The number of piperidine rings is 1. The Balaban J connectivity index is 1.86. The maximum Gasteiger partial charge on any atom is 0.251 e. The standard InChI is InChI=1S/C23H29ClN2O3S/c1-4-21(19-10-8-16(2)14-17(19)3)25-23(27)18-9-11-20(24)22(15-18)30(28,29)26-12-6-5-7-13-26/h8-11,14-15,21H,4-7,12-13H2,1-3H3,(H,25,27)/t21-/m0/s1. The molecule has 0 saturated carbocycles. The van der Waals surface area contributed by atoms with Crippen LogP contribution in [-0.2, 0) is 10.0 Å². The van der Waals surface area contributed by atoms with Gasteiger partial charge >= 0.3 is 0 Å². The number of nitrogens with one attached hydrogen (secondary N) is 1. The number of amides is 1. The lowest BCUT2D eigenvalue weighted by Gasteiger charge is -2.26. The molecule has 7 heteroatoms. The van der Waals surface area contributed by atoms with Crippen LogP contribution in [-0.4, -0.2) is 31.7 Å². The number of halogens is 1. The number of carbonyl (C=O) groups excluding carboxylic acids is 1. The van der Waals surface area contributed by atoms with Crippen molar-refractivity contribution in [1.29, 1.82) is 0 Å². The van der Waals surface area contributed by atoms with Crippen LogP contribution in [0.4, 0.5) is 0 Å². The summed E-state index contributed by atoms with van der Waals surface area (Å²) in [5.74, 6) is -0.311.